The minimum Gasteiger partial charge on any atom is -0.396 e. The van der Waals surface area contributed by atoms with E-state index in [-0.39, 0.29) is 17.4 Å². The van der Waals surface area contributed by atoms with Crippen LogP contribution in [0.3, 0.4) is 0 Å². The average Bonchev–Trinajstić information content (AvgIpc) is 2.18. The fourth-order valence-electron chi connectivity index (χ4n) is 1.21. The Hall–Kier alpha value is -0.120. The standard InChI is InChI=1S/C12H26O3/c1-6-12(4,9-14-5)10-15-8-11(2,3)7-13/h13H,6-10H2,1-5H3. The van der Waals surface area contributed by atoms with Gasteiger partial charge in [0.2, 0.25) is 0 Å². The van der Waals surface area contributed by atoms with Crippen LogP contribution in [-0.2, 0) is 9.47 Å². The molecule has 1 atom stereocenters. The SMILES string of the molecule is CCC(C)(COC)COCC(C)(C)CO. The Morgan fingerprint density at radius 1 is 1.07 bits per heavy atom. The van der Waals surface area contributed by atoms with Gasteiger partial charge in [-0.05, 0) is 6.42 Å². The normalized spacial score (nSPS) is 16.4. The van der Waals surface area contributed by atoms with Crippen LogP contribution in [0.15, 0.2) is 0 Å². The van der Waals surface area contributed by atoms with Crippen LogP contribution in [0.25, 0.3) is 0 Å². The van der Waals surface area contributed by atoms with E-state index in [1.165, 1.54) is 0 Å². The Balaban J connectivity index is 3.91. The van der Waals surface area contributed by atoms with Crippen molar-refractivity contribution in [2.45, 2.75) is 34.1 Å². The second-order valence-corrected chi connectivity index (χ2v) is 5.41. The van der Waals surface area contributed by atoms with Gasteiger partial charge >= 0.3 is 0 Å². The second-order valence-electron chi connectivity index (χ2n) is 5.41. The highest BCUT2D eigenvalue weighted by Gasteiger charge is 2.24. The summed E-state index contributed by atoms with van der Waals surface area (Å²) in [6.45, 7) is 10.4. The minimum atomic E-state index is -0.151. The summed E-state index contributed by atoms with van der Waals surface area (Å²) in [4.78, 5) is 0. The van der Waals surface area contributed by atoms with Crippen molar-refractivity contribution in [3.8, 4) is 0 Å². The Morgan fingerprint density at radius 3 is 2.07 bits per heavy atom. The maximum Gasteiger partial charge on any atom is 0.0542 e. The van der Waals surface area contributed by atoms with Crippen molar-refractivity contribution >= 4 is 0 Å². The number of hydrogen-bond donors (Lipinski definition) is 1. The number of rotatable bonds is 8. The van der Waals surface area contributed by atoms with Gasteiger partial charge in [-0.2, -0.15) is 0 Å². The van der Waals surface area contributed by atoms with Crippen molar-refractivity contribution in [1.29, 1.82) is 0 Å². The van der Waals surface area contributed by atoms with E-state index >= 15 is 0 Å². The Morgan fingerprint density at radius 2 is 1.67 bits per heavy atom. The van der Waals surface area contributed by atoms with E-state index in [1.807, 2.05) is 13.8 Å². The molecule has 1 unspecified atom stereocenters. The molecule has 0 aromatic rings. The van der Waals surface area contributed by atoms with Gasteiger partial charge in [0.05, 0.1) is 26.4 Å². The molecule has 3 nitrogen and oxygen atoms in total. The Bertz CT molecular complexity index is 168. The molecule has 0 heterocycles. The summed E-state index contributed by atoms with van der Waals surface area (Å²) < 4.78 is 10.8. The Kier molecular flexibility index (Phi) is 6.41. The summed E-state index contributed by atoms with van der Waals surface area (Å²) in [7, 11) is 1.71. The molecule has 0 aromatic carbocycles. The molecule has 3 heteroatoms. The van der Waals surface area contributed by atoms with E-state index in [1.54, 1.807) is 7.11 Å². The number of hydrogen-bond acceptors (Lipinski definition) is 3. The topological polar surface area (TPSA) is 38.7 Å². The molecule has 0 aliphatic carbocycles. The monoisotopic (exact) mass is 218 g/mol. The third-order valence-corrected chi connectivity index (χ3v) is 2.72. The number of aliphatic hydroxyl groups is 1. The zero-order chi connectivity index (χ0) is 11.9. The first kappa shape index (κ1) is 14.9. The van der Waals surface area contributed by atoms with Crippen molar-refractivity contribution in [2.24, 2.45) is 10.8 Å². The largest absolute Gasteiger partial charge is 0.396 e. The van der Waals surface area contributed by atoms with Crippen LogP contribution < -0.4 is 0 Å². The first-order valence-electron chi connectivity index (χ1n) is 5.57. The van der Waals surface area contributed by atoms with Crippen LogP contribution in [0.5, 0.6) is 0 Å². The fraction of sp³-hybridized carbons (Fsp3) is 1.00. The van der Waals surface area contributed by atoms with Gasteiger partial charge in [-0.3, -0.25) is 0 Å². The van der Waals surface area contributed by atoms with Gasteiger partial charge < -0.3 is 14.6 Å². The molecule has 0 bridgehead atoms. The summed E-state index contributed by atoms with van der Waals surface area (Å²) in [6.07, 6.45) is 1.03. The maximum absolute atomic E-state index is 9.08. The van der Waals surface area contributed by atoms with Gasteiger partial charge in [0.1, 0.15) is 0 Å². The number of ether oxygens (including phenoxy) is 2. The van der Waals surface area contributed by atoms with Gasteiger partial charge in [0.25, 0.3) is 0 Å². The van der Waals surface area contributed by atoms with Crippen molar-refractivity contribution in [3.63, 3.8) is 0 Å². The average molecular weight is 218 g/mol. The molecule has 0 aromatic heterocycles. The first-order chi connectivity index (χ1) is 6.89. The third-order valence-electron chi connectivity index (χ3n) is 2.72. The molecular formula is C12H26O3. The van der Waals surface area contributed by atoms with Crippen molar-refractivity contribution in [2.75, 3.05) is 33.5 Å². The summed E-state index contributed by atoms with van der Waals surface area (Å²) in [6, 6.07) is 0. The van der Waals surface area contributed by atoms with Crippen LogP contribution in [0, 0.1) is 10.8 Å². The van der Waals surface area contributed by atoms with Crippen LogP contribution in [-0.4, -0.2) is 38.6 Å². The molecule has 1 N–H and O–H groups in total. The highest BCUT2D eigenvalue weighted by atomic mass is 16.5. The van der Waals surface area contributed by atoms with Crippen molar-refractivity contribution in [3.05, 3.63) is 0 Å². The summed E-state index contributed by atoms with van der Waals surface area (Å²) in [5, 5.41) is 9.08. The predicted molar refractivity (Wildman–Crippen MR) is 62.0 cm³/mol. The van der Waals surface area contributed by atoms with Gasteiger partial charge in [-0.25, -0.2) is 0 Å². The van der Waals surface area contributed by atoms with E-state index in [0.29, 0.717) is 19.8 Å². The summed E-state index contributed by atoms with van der Waals surface area (Å²) in [5.41, 5.74) is -0.0675. The molecule has 0 radical (unpaired) electrons. The lowest BCUT2D eigenvalue weighted by molar-refractivity contribution is -0.0356. The first-order valence-corrected chi connectivity index (χ1v) is 5.57. The van der Waals surface area contributed by atoms with Crippen LogP contribution in [0.1, 0.15) is 34.1 Å². The molecule has 0 aliphatic rings. The molecule has 0 saturated heterocycles. The highest BCUT2D eigenvalue weighted by molar-refractivity contribution is 4.73. The molecule has 0 fully saturated rings. The lowest BCUT2D eigenvalue weighted by Gasteiger charge is -2.29. The maximum atomic E-state index is 9.08. The van der Waals surface area contributed by atoms with Gasteiger partial charge in [0, 0.05) is 17.9 Å². The molecule has 15 heavy (non-hydrogen) atoms. The second kappa shape index (κ2) is 6.46. The van der Waals surface area contributed by atoms with Crippen LogP contribution in [0.2, 0.25) is 0 Å². The van der Waals surface area contributed by atoms with Crippen LogP contribution >= 0.6 is 0 Å². The fourth-order valence-corrected chi connectivity index (χ4v) is 1.21. The lowest BCUT2D eigenvalue weighted by Crippen LogP contribution is -2.31. The minimum absolute atomic E-state index is 0.0836. The number of aliphatic hydroxyl groups excluding tert-OH is 1. The highest BCUT2D eigenvalue weighted by Crippen LogP contribution is 2.23. The van der Waals surface area contributed by atoms with Crippen LogP contribution in [0.4, 0.5) is 0 Å². The molecule has 0 spiro atoms. The zero-order valence-electron chi connectivity index (χ0n) is 10.8. The summed E-state index contributed by atoms with van der Waals surface area (Å²) in [5.74, 6) is 0. The molecule has 92 valence electrons. The smallest absolute Gasteiger partial charge is 0.0542 e. The third kappa shape index (κ3) is 6.13. The predicted octanol–water partition coefficient (Wildman–Crippen LogP) is 2.08. The Labute approximate surface area is 93.8 Å². The van der Waals surface area contributed by atoms with Gasteiger partial charge in [-0.1, -0.05) is 27.7 Å². The van der Waals surface area contributed by atoms with E-state index in [9.17, 15) is 0 Å². The summed E-state index contributed by atoms with van der Waals surface area (Å²) >= 11 is 0. The van der Waals surface area contributed by atoms with Gasteiger partial charge in [0.15, 0.2) is 0 Å². The quantitative estimate of drug-likeness (QED) is 0.678. The van der Waals surface area contributed by atoms with Crippen molar-refractivity contribution in [1.82, 2.24) is 0 Å². The molecule has 0 amide bonds. The molecular weight excluding hydrogens is 192 g/mol. The van der Waals surface area contributed by atoms with E-state index in [2.05, 4.69) is 13.8 Å². The van der Waals surface area contributed by atoms with E-state index in [0.717, 1.165) is 6.42 Å². The van der Waals surface area contributed by atoms with Crippen molar-refractivity contribution < 1.29 is 14.6 Å². The molecule has 0 rings (SSSR count). The zero-order valence-corrected chi connectivity index (χ0v) is 10.8. The van der Waals surface area contributed by atoms with E-state index in [4.69, 9.17) is 14.6 Å². The van der Waals surface area contributed by atoms with E-state index < -0.39 is 0 Å². The molecule has 0 saturated carbocycles. The molecule has 0 aliphatic heterocycles. The lowest BCUT2D eigenvalue weighted by atomic mass is 9.89. The van der Waals surface area contributed by atoms with Gasteiger partial charge in [-0.15, -0.1) is 0 Å². The number of methoxy groups -OCH3 is 1.